The Morgan fingerprint density at radius 2 is 2.20 bits per heavy atom. The van der Waals surface area contributed by atoms with E-state index in [1.807, 2.05) is 0 Å². The summed E-state index contributed by atoms with van der Waals surface area (Å²) in [4.78, 5) is 10.2. The molecule has 2 rings (SSSR count). The number of hydrogen-bond acceptors (Lipinski definition) is 4. The first kappa shape index (κ1) is 10.6. The number of fused-ring (bicyclic) bond motifs is 1. The third-order valence-corrected chi connectivity index (χ3v) is 3.51. The van der Waals surface area contributed by atoms with Crippen LogP contribution in [0.15, 0.2) is 6.07 Å². The Kier molecular flexibility index (Phi) is 2.54. The summed E-state index contributed by atoms with van der Waals surface area (Å²) in [6.45, 7) is 1.76. The maximum Gasteiger partial charge on any atom is 0.298 e. The molecule has 78 valence electrons. The number of halogens is 2. The largest absolute Gasteiger partial charge is 0.298 e. The van der Waals surface area contributed by atoms with E-state index in [2.05, 4.69) is 4.37 Å². The summed E-state index contributed by atoms with van der Waals surface area (Å²) in [5.41, 5.74) is 0.914. The molecule has 0 unspecified atom stereocenters. The first-order valence-corrected chi connectivity index (χ1v) is 5.43. The molecule has 0 spiro atoms. The fourth-order valence-electron chi connectivity index (χ4n) is 1.33. The predicted octanol–water partition coefficient (Wildman–Crippen LogP) is 3.82. The normalized spacial score (nSPS) is 10.9. The molecule has 1 aromatic heterocycles. The SMILES string of the molecule is Cc1c(Cl)cc([N+](=O)[O-])c2nsc(Cl)c12. The highest BCUT2D eigenvalue weighted by Crippen LogP contribution is 2.38. The predicted molar refractivity (Wildman–Crippen MR) is 61.0 cm³/mol. The molecule has 0 amide bonds. The number of rotatable bonds is 1. The number of hydrogen-bond donors (Lipinski definition) is 0. The van der Waals surface area contributed by atoms with Gasteiger partial charge in [-0.15, -0.1) is 0 Å². The number of nitro benzene ring substituents is 1. The monoisotopic (exact) mass is 262 g/mol. The highest BCUT2D eigenvalue weighted by Gasteiger charge is 2.21. The van der Waals surface area contributed by atoms with E-state index in [1.165, 1.54) is 6.07 Å². The van der Waals surface area contributed by atoms with Crippen LogP contribution in [0, 0.1) is 17.0 Å². The van der Waals surface area contributed by atoms with Crippen molar-refractivity contribution in [3.8, 4) is 0 Å². The number of aromatic nitrogens is 1. The van der Waals surface area contributed by atoms with Gasteiger partial charge in [-0.05, 0) is 24.0 Å². The van der Waals surface area contributed by atoms with Crippen molar-refractivity contribution in [3.05, 3.63) is 31.1 Å². The molecule has 1 aromatic carbocycles. The molecule has 0 saturated heterocycles. The summed E-state index contributed by atoms with van der Waals surface area (Å²) in [6, 6.07) is 1.30. The van der Waals surface area contributed by atoms with Gasteiger partial charge in [0, 0.05) is 11.5 Å². The maximum absolute atomic E-state index is 10.8. The molecule has 0 aliphatic carbocycles. The first-order valence-electron chi connectivity index (χ1n) is 3.90. The van der Waals surface area contributed by atoms with Gasteiger partial charge in [0.2, 0.25) is 0 Å². The highest BCUT2D eigenvalue weighted by molar-refractivity contribution is 7.12. The van der Waals surface area contributed by atoms with Crippen molar-refractivity contribution >= 4 is 51.3 Å². The van der Waals surface area contributed by atoms with Gasteiger partial charge in [-0.3, -0.25) is 10.1 Å². The van der Waals surface area contributed by atoms with Gasteiger partial charge < -0.3 is 0 Å². The second-order valence-electron chi connectivity index (χ2n) is 2.94. The molecule has 15 heavy (non-hydrogen) atoms. The number of benzene rings is 1. The third-order valence-electron chi connectivity index (χ3n) is 2.09. The molecule has 0 aliphatic heterocycles. The molecule has 0 atom stereocenters. The molecule has 2 aromatic rings. The summed E-state index contributed by atoms with van der Waals surface area (Å²) in [7, 11) is 0. The minimum Gasteiger partial charge on any atom is -0.258 e. The molecule has 0 saturated carbocycles. The van der Waals surface area contributed by atoms with E-state index in [1.54, 1.807) is 6.92 Å². The minimum atomic E-state index is -0.510. The molecular formula is C8H4Cl2N2O2S. The van der Waals surface area contributed by atoms with E-state index < -0.39 is 4.92 Å². The van der Waals surface area contributed by atoms with Crippen molar-refractivity contribution in [1.29, 1.82) is 0 Å². The average molecular weight is 263 g/mol. The van der Waals surface area contributed by atoms with E-state index in [9.17, 15) is 10.1 Å². The molecule has 0 bridgehead atoms. The Labute approximate surface area is 98.7 Å². The topological polar surface area (TPSA) is 56.0 Å². The van der Waals surface area contributed by atoms with Crippen LogP contribution in [0.5, 0.6) is 0 Å². The number of nitro groups is 1. The van der Waals surface area contributed by atoms with Crippen LogP contribution in [-0.2, 0) is 0 Å². The minimum absolute atomic E-state index is 0.108. The fraction of sp³-hybridized carbons (Fsp3) is 0.125. The maximum atomic E-state index is 10.8. The smallest absolute Gasteiger partial charge is 0.258 e. The summed E-state index contributed by atoms with van der Waals surface area (Å²) < 4.78 is 4.37. The molecule has 4 nitrogen and oxygen atoms in total. The summed E-state index contributed by atoms with van der Waals surface area (Å²) in [6.07, 6.45) is 0. The number of non-ortho nitro benzene ring substituents is 1. The van der Waals surface area contributed by atoms with E-state index in [4.69, 9.17) is 23.2 Å². The summed E-state index contributed by atoms with van der Waals surface area (Å²) >= 11 is 12.8. The lowest BCUT2D eigenvalue weighted by atomic mass is 10.1. The number of nitrogens with zero attached hydrogens (tertiary/aromatic N) is 2. The van der Waals surface area contributed by atoms with Crippen molar-refractivity contribution in [2.45, 2.75) is 6.92 Å². The van der Waals surface area contributed by atoms with Gasteiger partial charge in [0.1, 0.15) is 4.34 Å². The van der Waals surface area contributed by atoms with E-state index in [-0.39, 0.29) is 5.69 Å². The van der Waals surface area contributed by atoms with Crippen molar-refractivity contribution in [2.75, 3.05) is 0 Å². The van der Waals surface area contributed by atoms with Gasteiger partial charge in [0.25, 0.3) is 5.69 Å². The van der Waals surface area contributed by atoms with E-state index in [0.717, 1.165) is 17.1 Å². The summed E-state index contributed by atoms with van der Waals surface area (Å²) in [5, 5.41) is 11.7. The molecule has 0 N–H and O–H groups in total. The molecule has 0 radical (unpaired) electrons. The van der Waals surface area contributed by atoms with Crippen LogP contribution < -0.4 is 0 Å². The highest BCUT2D eigenvalue weighted by atomic mass is 35.5. The third kappa shape index (κ3) is 1.56. The van der Waals surface area contributed by atoms with Crippen molar-refractivity contribution < 1.29 is 4.92 Å². The Morgan fingerprint density at radius 3 is 2.80 bits per heavy atom. The molecular weight excluding hydrogens is 259 g/mol. The quantitative estimate of drug-likeness (QED) is 0.580. The van der Waals surface area contributed by atoms with Crippen LogP contribution in [0.2, 0.25) is 9.36 Å². The van der Waals surface area contributed by atoms with Gasteiger partial charge in [-0.25, -0.2) is 0 Å². The zero-order chi connectivity index (χ0) is 11.2. The number of aryl methyl sites for hydroxylation is 1. The lowest BCUT2D eigenvalue weighted by Gasteiger charge is -2.00. The first-order chi connectivity index (χ1) is 7.02. The lowest BCUT2D eigenvalue weighted by molar-refractivity contribution is -0.383. The average Bonchev–Trinajstić information content (AvgIpc) is 2.54. The van der Waals surface area contributed by atoms with Crippen LogP contribution in [-0.4, -0.2) is 9.30 Å². The van der Waals surface area contributed by atoms with Gasteiger partial charge in [-0.2, -0.15) is 4.37 Å². The lowest BCUT2D eigenvalue weighted by Crippen LogP contribution is -1.91. The molecule has 7 heteroatoms. The zero-order valence-electron chi connectivity index (χ0n) is 7.45. The molecule has 0 aliphatic rings. The van der Waals surface area contributed by atoms with Crippen molar-refractivity contribution in [3.63, 3.8) is 0 Å². The fourth-order valence-corrected chi connectivity index (χ4v) is 2.56. The van der Waals surface area contributed by atoms with Crippen LogP contribution in [0.1, 0.15) is 5.56 Å². The Bertz CT molecular complexity index is 567. The molecule has 0 fully saturated rings. The van der Waals surface area contributed by atoms with Crippen molar-refractivity contribution in [2.24, 2.45) is 0 Å². The summed E-state index contributed by atoms with van der Waals surface area (Å²) in [5.74, 6) is 0. The second-order valence-corrected chi connectivity index (χ2v) is 4.72. The van der Waals surface area contributed by atoms with E-state index in [0.29, 0.717) is 20.3 Å². The second kappa shape index (κ2) is 3.59. The van der Waals surface area contributed by atoms with Crippen molar-refractivity contribution in [1.82, 2.24) is 4.37 Å². The van der Waals surface area contributed by atoms with Gasteiger partial charge in [0.05, 0.1) is 9.95 Å². The van der Waals surface area contributed by atoms with Gasteiger partial charge >= 0.3 is 0 Å². The van der Waals surface area contributed by atoms with Gasteiger partial charge in [-0.1, -0.05) is 23.2 Å². The Morgan fingerprint density at radius 1 is 1.53 bits per heavy atom. The van der Waals surface area contributed by atoms with E-state index >= 15 is 0 Å². The van der Waals surface area contributed by atoms with Crippen LogP contribution >= 0.6 is 34.7 Å². The Hall–Kier alpha value is -0.910. The van der Waals surface area contributed by atoms with Crippen LogP contribution in [0.25, 0.3) is 10.9 Å². The Balaban J connectivity index is 2.96. The molecule has 1 heterocycles. The van der Waals surface area contributed by atoms with Crippen LogP contribution in [0.4, 0.5) is 5.69 Å². The van der Waals surface area contributed by atoms with Gasteiger partial charge in [0.15, 0.2) is 5.52 Å². The zero-order valence-corrected chi connectivity index (χ0v) is 9.78. The standard InChI is InChI=1S/C8H4Cl2N2O2S/c1-3-4(9)2-5(12(13)14)7-6(3)8(10)15-11-7/h2H,1H3. The van der Waals surface area contributed by atoms with Crippen LogP contribution in [0.3, 0.4) is 0 Å².